The van der Waals surface area contributed by atoms with E-state index in [0.29, 0.717) is 11.4 Å². The molecular formula is C28H22Cl2N2O4S. The molecule has 4 aromatic rings. The molecule has 0 aromatic heterocycles. The lowest BCUT2D eigenvalue weighted by molar-refractivity contribution is -0.114. The average molecular weight is 553 g/mol. The van der Waals surface area contributed by atoms with Gasteiger partial charge in [-0.05, 0) is 70.8 Å². The van der Waals surface area contributed by atoms with Gasteiger partial charge in [-0.3, -0.25) is 9.59 Å². The molecule has 37 heavy (non-hydrogen) atoms. The zero-order valence-electron chi connectivity index (χ0n) is 19.4. The molecule has 0 aliphatic carbocycles. The van der Waals surface area contributed by atoms with Crippen LogP contribution in [0.25, 0.3) is 22.3 Å². The number of carbonyl (C=O) groups is 2. The number of nitrogens with one attached hydrogen (secondary N) is 2. The fourth-order valence-electron chi connectivity index (χ4n) is 3.67. The van der Waals surface area contributed by atoms with Crippen LogP contribution in [-0.4, -0.2) is 32.0 Å². The molecule has 0 unspecified atom stereocenters. The van der Waals surface area contributed by atoms with Gasteiger partial charge in [-0.2, -0.15) is 0 Å². The molecule has 0 spiro atoms. The molecule has 0 fully saturated rings. The number of halogens is 2. The molecule has 0 atom stereocenters. The summed E-state index contributed by atoms with van der Waals surface area (Å²) in [6, 6.07) is 27.7. The van der Waals surface area contributed by atoms with Crippen LogP contribution in [0.4, 0.5) is 11.4 Å². The highest BCUT2D eigenvalue weighted by atomic mass is 35.5. The van der Waals surface area contributed by atoms with Crippen LogP contribution in [-0.2, 0) is 19.4 Å². The lowest BCUT2D eigenvalue weighted by Crippen LogP contribution is -2.12. The Bertz CT molecular complexity index is 1390. The number of carbonyl (C=O) groups excluding carboxylic acids is 2. The van der Waals surface area contributed by atoms with Crippen molar-refractivity contribution in [2.75, 3.05) is 22.4 Å². The lowest BCUT2D eigenvalue weighted by Gasteiger charge is -2.09. The number of rotatable bonds is 8. The number of benzene rings is 4. The summed E-state index contributed by atoms with van der Waals surface area (Å²) in [5, 5.41) is 5.35. The Morgan fingerprint density at radius 3 is 1.05 bits per heavy atom. The first-order chi connectivity index (χ1) is 17.8. The minimum absolute atomic E-state index is 0.121. The number of amides is 2. The van der Waals surface area contributed by atoms with Crippen LogP contribution < -0.4 is 10.6 Å². The maximum Gasteiger partial charge on any atom is 0.239 e. The van der Waals surface area contributed by atoms with Crippen LogP contribution in [0.3, 0.4) is 0 Å². The van der Waals surface area contributed by atoms with E-state index in [-0.39, 0.29) is 33.4 Å². The lowest BCUT2D eigenvalue weighted by atomic mass is 10.1. The minimum atomic E-state index is -3.70. The van der Waals surface area contributed by atoms with Crippen molar-refractivity contribution in [2.45, 2.75) is 9.79 Å². The SMILES string of the molecule is O=C(CCl)Nc1ccc(-c2ccc(S(=O)(=O)c3ccc(-c4ccc(NC(=O)CCl)cc4)cc3)cc2)cc1. The standard InChI is InChI=1S/C28H22Cl2N2O4S/c29-17-27(33)31-23-9-1-19(2-10-23)21-5-13-25(14-6-21)37(35,36)26-15-7-22(8-16-26)20-3-11-24(12-4-20)32-28(34)18-30/h1-16H,17-18H2,(H,31,33)(H,32,34). The predicted octanol–water partition coefficient (Wildman–Crippen LogP) is 6.21. The molecule has 0 saturated carbocycles. The van der Waals surface area contributed by atoms with Crippen molar-refractivity contribution < 1.29 is 18.0 Å². The quantitative estimate of drug-likeness (QED) is 0.254. The first kappa shape index (κ1) is 26.4. The Labute approximate surface area is 225 Å². The zero-order chi connectivity index (χ0) is 26.4. The normalized spacial score (nSPS) is 11.1. The second kappa shape index (κ2) is 11.6. The first-order valence-corrected chi connectivity index (χ1v) is 13.7. The molecule has 4 aromatic carbocycles. The van der Waals surface area contributed by atoms with Crippen LogP contribution in [0.2, 0.25) is 0 Å². The molecule has 2 N–H and O–H groups in total. The fourth-order valence-corrected chi connectivity index (χ4v) is 5.06. The minimum Gasteiger partial charge on any atom is -0.325 e. The van der Waals surface area contributed by atoms with Crippen molar-refractivity contribution in [3.63, 3.8) is 0 Å². The number of hydrogen-bond acceptors (Lipinski definition) is 4. The monoisotopic (exact) mass is 552 g/mol. The number of alkyl halides is 2. The van der Waals surface area contributed by atoms with E-state index in [0.717, 1.165) is 22.3 Å². The van der Waals surface area contributed by atoms with Gasteiger partial charge in [-0.1, -0.05) is 48.5 Å². The third kappa shape index (κ3) is 6.38. The molecule has 0 radical (unpaired) electrons. The highest BCUT2D eigenvalue weighted by Crippen LogP contribution is 2.28. The molecule has 4 rings (SSSR count). The molecule has 9 heteroatoms. The Kier molecular flexibility index (Phi) is 8.28. The Balaban J connectivity index is 1.48. The Morgan fingerprint density at radius 2 is 0.784 bits per heavy atom. The van der Waals surface area contributed by atoms with Crippen molar-refractivity contribution in [2.24, 2.45) is 0 Å². The highest BCUT2D eigenvalue weighted by molar-refractivity contribution is 7.91. The van der Waals surface area contributed by atoms with Crippen molar-refractivity contribution in [3.8, 4) is 22.3 Å². The summed E-state index contributed by atoms with van der Waals surface area (Å²) in [7, 11) is -3.70. The predicted molar refractivity (Wildman–Crippen MR) is 148 cm³/mol. The van der Waals surface area contributed by atoms with E-state index in [1.807, 2.05) is 24.3 Å². The molecule has 188 valence electrons. The topological polar surface area (TPSA) is 92.3 Å². The van der Waals surface area contributed by atoms with Gasteiger partial charge >= 0.3 is 0 Å². The summed E-state index contributed by atoms with van der Waals surface area (Å²) in [4.78, 5) is 23.2. The third-order valence-corrected chi connectivity index (χ3v) is 7.85. The van der Waals surface area contributed by atoms with Crippen LogP contribution in [0, 0.1) is 0 Å². The van der Waals surface area contributed by atoms with Crippen LogP contribution in [0.1, 0.15) is 0 Å². The third-order valence-electron chi connectivity index (χ3n) is 5.58. The summed E-state index contributed by atoms with van der Waals surface area (Å²) in [5.74, 6) is -0.820. The second-order valence-corrected chi connectivity index (χ2v) is 10.6. The van der Waals surface area contributed by atoms with Gasteiger partial charge in [0.25, 0.3) is 0 Å². The van der Waals surface area contributed by atoms with Gasteiger partial charge < -0.3 is 10.6 Å². The van der Waals surface area contributed by atoms with Crippen molar-refractivity contribution in [1.82, 2.24) is 0 Å². The van der Waals surface area contributed by atoms with E-state index in [1.165, 1.54) is 0 Å². The molecule has 6 nitrogen and oxygen atoms in total. The van der Waals surface area contributed by atoms with E-state index in [1.54, 1.807) is 72.8 Å². The summed E-state index contributed by atoms with van der Waals surface area (Å²) >= 11 is 11.0. The largest absolute Gasteiger partial charge is 0.325 e. The van der Waals surface area contributed by atoms with Gasteiger partial charge in [0.1, 0.15) is 11.8 Å². The van der Waals surface area contributed by atoms with E-state index in [9.17, 15) is 18.0 Å². The van der Waals surface area contributed by atoms with Gasteiger partial charge in [-0.15, -0.1) is 23.2 Å². The number of anilines is 2. The van der Waals surface area contributed by atoms with E-state index >= 15 is 0 Å². The molecule has 0 saturated heterocycles. The summed E-state index contributed by atoms with van der Waals surface area (Å²) < 4.78 is 26.4. The fraction of sp³-hybridized carbons (Fsp3) is 0.0714. The van der Waals surface area contributed by atoms with E-state index < -0.39 is 9.84 Å². The Morgan fingerprint density at radius 1 is 0.514 bits per heavy atom. The Hall–Kier alpha value is -3.65. The summed E-state index contributed by atoms with van der Waals surface area (Å²) in [6.07, 6.45) is 0. The molecule has 0 bridgehead atoms. The maximum atomic E-state index is 13.2. The second-order valence-electron chi connectivity index (χ2n) is 8.07. The molecule has 0 aliphatic heterocycles. The van der Waals surface area contributed by atoms with Gasteiger partial charge in [-0.25, -0.2) is 8.42 Å². The first-order valence-electron chi connectivity index (χ1n) is 11.2. The smallest absolute Gasteiger partial charge is 0.239 e. The van der Waals surface area contributed by atoms with Gasteiger partial charge in [0.2, 0.25) is 21.7 Å². The number of hydrogen-bond donors (Lipinski definition) is 2. The summed E-state index contributed by atoms with van der Waals surface area (Å²) in [6.45, 7) is 0. The van der Waals surface area contributed by atoms with Crippen molar-refractivity contribution in [1.29, 1.82) is 0 Å². The summed E-state index contributed by atoms with van der Waals surface area (Å²) in [5.41, 5.74) is 4.71. The van der Waals surface area contributed by atoms with Crippen LogP contribution in [0.15, 0.2) is 107 Å². The highest BCUT2D eigenvalue weighted by Gasteiger charge is 2.18. The maximum absolute atomic E-state index is 13.2. The average Bonchev–Trinajstić information content (AvgIpc) is 2.94. The van der Waals surface area contributed by atoms with Crippen molar-refractivity contribution >= 4 is 56.2 Å². The van der Waals surface area contributed by atoms with Gasteiger partial charge in [0.05, 0.1) is 9.79 Å². The van der Waals surface area contributed by atoms with Gasteiger partial charge in [0.15, 0.2) is 0 Å². The van der Waals surface area contributed by atoms with Gasteiger partial charge in [0, 0.05) is 11.4 Å². The number of sulfone groups is 1. The van der Waals surface area contributed by atoms with E-state index in [2.05, 4.69) is 10.6 Å². The molecule has 0 aliphatic rings. The van der Waals surface area contributed by atoms with Crippen LogP contribution in [0.5, 0.6) is 0 Å². The van der Waals surface area contributed by atoms with Crippen LogP contribution >= 0.6 is 23.2 Å². The molecule has 0 heterocycles. The van der Waals surface area contributed by atoms with E-state index in [4.69, 9.17) is 23.2 Å². The molecular weight excluding hydrogens is 531 g/mol. The molecule has 2 amide bonds. The van der Waals surface area contributed by atoms with Crippen molar-refractivity contribution in [3.05, 3.63) is 97.1 Å². The zero-order valence-corrected chi connectivity index (χ0v) is 21.8.